The molecule has 0 aromatic heterocycles. The van der Waals surface area contributed by atoms with Gasteiger partial charge in [0.1, 0.15) is 12.4 Å². The molecule has 8 nitrogen and oxygen atoms in total. The summed E-state index contributed by atoms with van der Waals surface area (Å²) in [6.45, 7) is 6.77. The van der Waals surface area contributed by atoms with Crippen LogP contribution in [-0.4, -0.2) is 92.3 Å². The van der Waals surface area contributed by atoms with Gasteiger partial charge in [0, 0.05) is 64.4 Å². The average molecular weight is 473 g/mol. The molecule has 3 amide bonds. The molecule has 3 saturated heterocycles. The lowest BCUT2D eigenvalue weighted by Gasteiger charge is -2.34. The molecule has 34 heavy (non-hydrogen) atoms. The highest BCUT2D eigenvalue weighted by Gasteiger charge is 2.30. The summed E-state index contributed by atoms with van der Waals surface area (Å²) >= 11 is 0. The van der Waals surface area contributed by atoms with Crippen LogP contribution in [0.5, 0.6) is 5.75 Å². The van der Waals surface area contributed by atoms with Crippen LogP contribution in [-0.2, 0) is 16.1 Å². The predicted octanol–water partition coefficient (Wildman–Crippen LogP) is 2.72. The minimum absolute atomic E-state index is 0.0252. The summed E-state index contributed by atoms with van der Waals surface area (Å²) in [6.07, 6.45) is 5.83. The highest BCUT2D eigenvalue weighted by Crippen LogP contribution is 2.21. The van der Waals surface area contributed by atoms with Crippen molar-refractivity contribution >= 4 is 11.9 Å². The topological polar surface area (TPSA) is 74.4 Å². The molecule has 1 aromatic rings. The molecule has 1 aromatic carbocycles. The van der Waals surface area contributed by atoms with Crippen LogP contribution in [0.1, 0.15) is 44.1 Å². The number of rotatable bonds is 8. The van der Waals surface area contributed by atoms with Crippen LogP contribution in [0.25, 0.3) is 0 Å². The molecular formula is C26H40N4O4. The van der Waals surface area contributed by atoms with Crippen LogP contribution in [0.3, 0.4) is 0 Å². The lowest BCUT2D eigenvalue weighted by Crippen LogP contribution is -2.47. The van der Waals surface area contributed by atoms with Gasteiger partial charge in [0.15, 0.2) is 0 Å². The van der Waals surface area contributed by atoms with Gasteiger partial charge in [0.25, 0.3) is 0 Å². The molecule has 3 aliphatic rings. The molecular weight excluding hydrogens is 432 g/mol. The smallest absolute Gasteiger partial charge is 0.319 e. The van der Waals surface area contributed by atoms with E-state index in [4.69, 9.17) is 9.47 Å². The van der Waals surface area contributed by atoms with E-state index >= 15 is 0 Å². The molecule has 0 radical (unpaired) electrons. The highest BCUT2D eigenvalue weighted by atomic mass is 16.5. The zero-order chi connectivity index (χ0) is 23.8. The maximum atomic E-state index is 12.7. The van der Waals surface area contributed by atoms with Gasteiger partial charge in [0.05, 0.1) is 0 Å². The van der Waals surface area contributed by atoms with Crippen molar-refractivity contribution in [2.45, 2.75) is 51.1 Å². The highest BCUT2D eigenvalue weighted by molar-refractivity contribution is 5.79. The Morgan fingerprint density at radius 1 is 1.06 bits per heavy atom. The van der Waals surface area contributed by atoms with E-state index < -0.39 is 0 Å². The van der Waals surface area contributed by atoms with Gasteiger partial charge in [0.2, 0.25) is 5.91 Å². The van der Waals surface area contributed by atoms with E-state index in [1.54, 1.807) is 0 Å². The Hall–Kier alpha value is -2.32. The maximum Gasteiger partial charge on any atom is 0.319 e. The molecule has 0 unspecified atom stereocenters. The minimum atomic E-state index is -0.0252. The first-order valence-corrected chi connectivity index (χ1v) is 12.9. The van der Waals surface area contributed by atoms with Crippen LogP contribution >= 0.6 is 0 Å². The monoisotopic (exact) mass is 472 g/mol. The van der Waals surface area contributed by atoms with Crippen molar-refractivity contribution < 1.29 is 19.1 Å². The maximum absolute atomic E-state index is 12.7. The number of piperidine rings is 1. The number of benzene rings is 1. The summed E-state index contributed by atoms with van der Waals surface area (Å²) in [5.41, 5.74) is 1.03. The molecule has 8 heteroatoms. The fourth-order valence-corrected chi connectivity index (χ4v) is 5.14. The van der Waals surface area contributed by atoms with E-state index in [0.717, 1.165) is 82.7 Å². The Bertz CT molecular complexity index is 800. The first kappa shape index (κ1) is 24.8. The third kappa shape index (κ3) is 6.85. The molecule has 0 spiro atoms. The number of likely N-dealkylation sites (N-methyl/N-ethyl adjacent to an activating group) is 1. The van der Waals surface area contributed by atoms with E-state index in [1.807, 2.05) is 34.1 Å². The van der Waals surface area contributed by atoms with Gasteiger partial charge in [-0.2, -0.15) is 0 Å². The third-order valence-corrected chi connectivity index (χ3v) is 7.40. The van der Waals surface area contributed by atoms with E-state index in [0.29, 0.717) is 32.3 Å². The van der Waals surface area contributed by atoms with Gasteiger partial charge in [-0.15, -0.1) is 0 Å². The fourth-order valence-electron chi connectivity index (χ4n) is 5.14. The van der Waals surface area contributed by atoms with Crippen LogP contribution in [0, 0.1) is 5.92 Å². The largest absolute Gasteiger partial charge is 0.492 e. The number of amides is 3. The van der Waals surface area contributed by atoms with Crippen molar-refractivity contribution in [3.8, 4) is 5.75 Å². The molecule has 1 N–H and O–H groups in total. The number of carbonyl (C=O) groups is 2. The van der Waals surface area contributed by atoms with Gasteiger partial charge >= 0.3 is 6.03 Å². The Labute approximate surface area is 203 Å². The van der Waals surface area contributed by atoms with Gasteiger partial charge in [-0.1, -0.05) is 12.1 Å². The molecule has 188 valence electrons. The van der Waals surface area contributed by atoms with Gasteiger partial charge < -0.3 is 24.6 Å². The molecule has 0 aliphatic carbocycles. The zero-order valence-electron chi connectivity index (χ0n) is 20.5. The first-order valence-electron chi connectivity index (χ1n) is 12.9. The number of ether oxygens (including phenoxy) is 2. The van der Waals surface area contributed by atoms with E-state index in [9.17, 15) is 9.59 Å². The molecule has 3 aliphatic heterocycles. The number of hydrogen-bond acceptors (Lipinski definition) is 5. The molecule has 0 atom stereocenters. The standard InChI is InChI=1S/C26H40N4O4/c1-28(23-9-16-33-17-10-23)15-18-34-24-6-4-5-21(19-24)20-27-25(31)22-7-13-30(14-8-22)26(32)29-11-2-3-12-29/h4-6,19,22-23H,2-3,7-18,20H2,1H3,(H,27,31). The summed E-state index contributed by atoms with van der Waals surface area (Å²) in [7, 11) is 2.15. The second-order valence-corrected chi connectivity index (χ2v) is 9.78. The van der Waals surface area contributed by atoms with Crippen LogP contribution in [0.4, 0.5) is 4.79 Å². The Morgan fingerprint density at radius 2 is 1.76 bits per heavy atom. The fraction of sp³-hybridized carbons (Fsp3) is 0.692. The molecule has 0 bridgehead atoms. The Morgan fingerprint density at radius 3 is 2.50 bits per heavy atom. The quantitative estimate of drug-likeness (QED) is 0.630. The van der Waals surface area contributed by atoms with Gasteiger partial charge in [-0.25, -0.2) is 4.79 Å². The summed E-state index contributed by atoms with van der Waals surface area (Å²) in [4.78, 5) is 31.5. The molecule has 3 heterocycles. The third-order valence-electron chi connectivity index (χ3n) is 7.40. The lowest BCUT2D eigenvalue weighted by atomic mass is 9.96. The minimum Gasteiger partial charge on any atom is -0.492 e. The van der Waals surface area contributed by atoms with Crippen molar-refractivity contribution in [3.05, 3.63) is 29.8 Å². The Kier molecular flexibility index (Phi) is 9.04. The normalized spacial score (nSPS) is 20.1. The van der Waals surface area contributed by atoms with Crippen molar-refractivity contribution in [1.82, 2.24) is 20.0 Å². The molecule has 3 fully saturated rings. The first-order chi connectivity index (χ1) is 16.6. The average Bonchev–Trinajstić information content (AvgIpc) is 3.43. The van der Waals surface area contributed by atoms with Crippen molar-refractivity contribution in [3.63, 3.8) is 0 Å². The second kappa shape index (κ2) is 12.4. The summed E-state index contributed by atoms with van der Waals surface area (Å²) < 4.78 is 11.4. The van der Waals surface area contributed by atoms with Crippen molar-refractivity contribution in [1.29, 1.82) is 0 Å². The van der Waals surface area contributed by atoms with Crippen LogP contribution in [0.2, 0.25) is 0 Å². The Balaban J connectivity index is 1.15. The second-order valence-electron chi connectivity index (χ2n) is 9.78. The number of nitrogens with one attached hydrogen (secondary N) is 1. The van der Waals surface area contributed by atoms with Crippen molar-refractivity contribution in [2.24, 2.45) is 5.92 Å². The van der Waals surface area contributed by atoms with E-state index in [-0.39, 0.29) is 17.9 Å². The molecule has 4 rings (SSSR count). The number of nitrogens with zero attached hydrogens (tertiary/aromatic N) is 3. The molecule has 0 saturated carbocycles. The SMILES string of the molecule is CN(CCOc1cccc(CNC(=O)C2CCN(C(=O)N3CCCC3)CC2)c1)C1CCOCC1. The summed E-state index contributed by atoms with van der Waals surface area (Å²) in [5, 5.41) is 3.08. The van der Waals surface area contributed by atoms with E-state index in [1.165, 1.54) is 0 Å². The lowest BCUT2D eigenvalue weighted by molar-refractivity contribution is -0.126. The number of hydrogen-bond donors (Lipinski definition) is 1. The van der Waals surface area contributed by atoms with Gasteiger partial charge in [-0.05, 0) is 63.3 Å². The van der Waals surface area contributed by atoms with Gasteiger partial charge in [-0.3, -0.25) is 9.69 Å². The number of likely N-dealkylation sites (tertiary alicyclic amines) is 2. The zero-order valence-corrected chi connectivity index (χ0v) is 20.5. The predicted molar refractivity (Wildman–Crippen MR) is 131 cm³/mol. The van der Waals surface area contributed by atoms with Crippen LogP contribution in [0.15, 0.2) is 24.3 Å². The van der Waals surface area contributed by atoms with Crippen molar-refractivity contribution in [2.75, 3.05) is 59.6 Å². The number of carbonyl (C=O) groups excluding carboxylic acids is 2. The summed E-state index contributed by atoms with van der Waals surface area (Å²) in [5.74, 6) is 0.890. The summed E-state index contributed by atoms with van der Waals surface area (Å²) in [6, 6.07) is 8.68. The number of urea groups is 1. The van der Waals surface area contributed by atoms with Crippen LogP contribution < -0.4 is 10.1 Å². The van der Waals surface area contributed by atoms with E-state index in [2.05, 4.69) is 17.3 Å².